The lowest BCUT2D eigenvalue weighted by Gasteiger charge is -2.45. The predicted octanol–water partition coefficient (Wildman–Crippen LogP) is 3.16. The van der Waals surface area contributed by atoms with Crippen LogP contribution >= 0.6 is 0 Å². The maximum atomic E-state index is 12.4. The van der Waals surface area contributed by atoms with Crippen LogP contribution in [0.2, 0.25) is 0 Å². The van der Waals surface area contributed by atoms with E-state index in [2.05, 4.69) is 4.90 Å². The summed E-state index contributed by atoms with van der Waals surface area (Å²) in [6.45, 7) is 12.8. The molecular formula is C21H41N3O4S. The molecule has 0 aromatic carbocycles. The largest absolute Gasteiger partial charge is 0.444 e. The van der Waals surface area contributed by atoms with Gasteiger partial charge in [0.15, 0.2) is 0 Å². The number of hydrogen-bond acceptors (Lipinski definition) is 5. The van der Waals surface area contributed by atoms with E-state index in [4.69, 9.17) is 4.74 Å². The van der Waals surface area contributed by atoms with Crippen molar-refractivity contribution < 1.29 is 17.9 Å². The lowest BCUT2D eigenvalue weighted by atomic mass is 9.82. The Morgan fingerprint density at radius 1 is 1.07 bits per heavy atom. The van der Waals surface area contributed by atoms with Crippen LogP contribution in [0.4, 0.5) is 4.79 Å². The molecule has 29 heavy (non-hydrogen) atoms. The fourth-order valence-corrected chi connectivity index (χ4v) is 5.75. The number of carbonyl (C=O) groups excluding carboxylic acids is 1. The minimum atomic E-state index is -3.26. The summed E-state index contributed by atoms with van der Waals surface area (Å²) in [6, 6.07) is 0.146. The molecule has 2 aliphatic rings. The van der Waals surface area contributed by atoms with Crippen molar-refractivity contribution in [2.24, 2.45) is 5.92 Å². The summed E-state index contributed by atoms with van der Waals surface area (Å²) in [5, 5.41) is 0. The van der Waals surface area contributed by atoms with Crippen molar-refractivity contribution in [1.82, 2.24) is 14.1 Å². The molecule has 0 aromatic rings. The molecule has 1 atom stereocenters. The number of nitrogens with zero attached hydrogens (tertiary/aromatic N) is 3. The zero-order valence-corrected chi connectivity index (χ0v) is 20.0. The van der Waals surface area contributed by atoms with Gasteiger partial charge in [-0.05, 0) is 53.4 Å². The van der Waals surface area contributed by atoms with Crippen molar-refractivity contribution >= 4 is 16.1 Å². The predicted molar refractivity (Wildman–Crippen MR) is 116 cm³/mol. The fourth-order valence-electron chi connectivity index (χ4n) is 4.56. The third-order valence-corrected chi connectivity index (χ3v) is 7.42. The van der Waals surface area contributed by atoms with E-state index in [-0.39, 0.29) is 18.2 Å². The Labute approximate surface area is 177 Å². The SMILES string of the molecule is CC(C)N(CC(C1CCCCC1)N1CCN(C(=O)OC(C)(C)C)CC1)S(C)(=O)=O. The Morgan fingerprint density at radius 3 is 2.07 bits per heavy atom. The first-order chi connectivity index (χ1) is 13.4. The third kappa shape index (κ3) is 7.40. The number of piperazine rings is 1. The third-order valence-electron chi connectivity index (χ3n) is 6.00. The van der Waals surface area contributed by atoms with Crippen molar-refractivity contribution in [1.29, 1.82) is 0 Å². The van der Waals surface area contributed by atoms with Gasteiger partial charge in [0.1, 0.15) is 5.60 Å². The first-order valence-corrected chi connectivity index (χ1v) is 12.9. The molecule has 8 heteroatoms. The van der Waals surface area contributed by atoms with Crippen molar-refractivity contribution in [3.8, 4) is 0 Å². The Hall–Kier alpha value is -0.860. The minimum absolute atomic E-state index is 0.0563. The zero-order valence-electron chi connectivity index (χ0n) is 19.2. The van der Waals surface area contributed by atoms with Crippen LogP contribution in [-0.2, 0) is 14.8 Å². The summed E-state index contributed by atoms with van der Waals surface area (Å²) < 4.78 is 31.9. The van der Waals surface area contributed by atoms with E-state index in [1.54, 1.807) is 9.21 Å². The molecule has 0 aromatic heterocycles. The van der Waals surface area contributed by atoms with E-state index >= 15 is 0 Å². The maximum Gasteiger partial charge on any atom is 0.410 e. The van der Waals surface area contributed by atoms with Crippen LogP contribution in [-0.4, -0.2) is 85.3 Å². The lowest BCUT2D eigenvalue weighted by molar-refractivity contribution is 0.00258. The van der Waals surface area contributed by atoms with Crippen molar-refractivity contribution in [3.05, 3.63) is 0 Å². The van der Waals surface area contributed by atoms with Crippen molar-refractivity contribution in [3.63, 3.8) is 0 Å². The summed E-state index contributed by atoms with van der Waals surface area (Å²) in [7, 11) is -3.26. The smallest absolute Gasteiger partial charge is 0.410 e. The lowest BCUT2D eigenvalue weighted by Crippen LogP contribution is -2.58. The number of carbonyl (C=O) groups is 1. The van der Waals surface area contributed by atoms with E-state index in [9.17, 15) is 13.2 Å². The van der Waals surface area contributed by atoms with Gasteiger partial charge in [0.2, 0.25) is 10.0 Å². The number of rotatable bonds is 6. The van der Waals surface area contributed by atoms with Crippen LogP contribution in [0.5, 0.6) is 0 Å². The van der Waals surface area contributed by atoms with Gasteiger partial charge < -0.3 is 9.64 Å². The molecule has 2 fully saturated rings. The van der Waals surface area contributed by atoms with Crippen molar-refractivity contribution in [2.75, 3.05) is 39.0 Å². The van der Waals surface area contributed by atoms with Crippen LogP contribution in [0.3, 0.4) is 0 Å². The van der Waals surface area contributed by atoms with Gasteiger partial charge in [0, 0.05) is 44.8 Å². The monoisotopic (exact) mass is 431 g/mol. The highest BCUT2D eigenvalue weighted by molar-refractivity contribution is 7.88. The number of ether oxygens (including phenoxy) is 1. The maximum absolute atomic E-state index is 12.4. The zero-order chi connectivity index (χ0) is 21.8. The second kappa shape index (κ2) is 9.96. The second-order valence-corrected chi connectivity index (χ2v) is 11.8. The molecule has 1 saturated heterocycles. The van der Waals surface area contributed by atoms with Gasteiger partial charge in [-0.2, -0.15) is 4.31 Å². The number of sulfonamides is 1. The van der Waals surface area contributed by atoms with Crippen LogP contribution < -0.4 is 0 Å². The Balaban J connectivity index is 2.09. The second-order valence-electron chi connectivity index (χ2n) is 9.90. The van der Waals surface area contributed by atoms with Gasteiger partial charge in [-0.1, -0.05) is 19.3 Å². The molecule has 1 aliphatic carbocycles. The Morgan fingerprint density at radius 2 is 1.62 bits per heavy atom. The summed E-state index contributed by atoms with van der Waals surface area (Å²) in [5.41, 5.74) is -0.494. The normalized spacial score (nSPS) is 21.6. The van der Waals surface area contributed by atoms with Gasteiger partial charge in [0.25, 0.3) is 0 Å². The van der Waals surface area contributed by atoms with Crippen LogP contribution in [0.25, 0.3) is 0 Å². The molecule has 2 rings (SSSR count). The summed E-state index contributed by atoms with van der Waals surface area (Å²) >= 11 is 0. The quantitative estimate of drug-likeness (QED) is 0.646. The van der Waals surface area contributed by atoms with E-state index in [1.807, 2.05) is 34.6 Å². The van der Waals surface area contributed by atoms with E-state index < -0.39 is 15.6 Å². The van der Waals surface area contributed by atoms with E-state index in [0.29, 0.717) is 25.6 Å². The first kappa shape index (κ1) is 24.4. The number of amides is 1. The van der Waals surface area contributed by atoms with Crippen LogP contribution in [0, 0.1) is 5.92 Å². The van der Waals surface area contributed by atoms with Gasteiger partial charge in [-0.3, -0.25) is 4.90 Å². The van der Waals surface area contributed by atoms with Gasteiger partial charge in [-0.25, -0.2) is 13.2 Å². The summed E-state index contributed by atoms with van der Waals surface area (Å²) in [6.07, 6.45) is 7.09. The molecule has 170 valence electrons. The first-order valence-electron chi connectivity index (χ1n) is 11.1. The molecule has 0 radical (unpaired) electrons. The standard InChI is InChI=1S/C21H41N3O4S/c1-17(2)24(29(6,26)27)16-19(18-10-8-7-9-11-18)22-12-14-23(15-13-22)20(25)28-21(3,4)5/h17-19H,7-16H2,1-6H3. The average molecular weight is 432 g/mol. The molecule has 1 heterocycles. The van der Waals surface area contributed by atoms with E-state index in [0.717, 1.165) is 25.9 Å². The highest BCUT2D eigenvalue weighted by Gasteiger charge is 2.36. The molecule has 0 N–H and O–H groups in total. The molecular weight excluding hydrogens is 390 g/mol. The summed E-state index contributed by atoms with van der Waals surface area (Å²) in [5.74, 6) is 0.514. The Bertz CT molecular complexity index is 631. The molecule has 7 nitrogen and oxygen atoms in total. The number of hydrogen-bond donors (Lipinski definition) is 0. The minimum Gasteiger partial charge on any atom is -0.444 e. The molecule has 0 spiro atoms. The molecule has 1 aliphatic heterocycles. The van der Waals surface area contributed by atoms with Crippen molar-refractivity contribution in [2.45, 2.75) is 84.4 Å². The molecule has 1 saturated carbocycles. The topological polar surface area (TPSA) is 70.2 Å². The molecule has 1 unspecified atom stereocenters. The van der Waals surface area contributed by atoms with Gasteiger partial charge in [0.05, 0.1) is 6.26 Å². The average Bonchev–Trinajstić information content (AvgIpc) is 2.60. The highest BCUT2D eigenvalue weighted by Crippen LogP contribution is 2.31. The molecule has 0 bridgehead atoms. The Kier molecular flexibility index (Phi) is 8.39. The van der Waals surface area contributed by atoms with Crippen LogP contribution in [0.15, 0.2) is 0 Å². The van der Waals surface area contributed by atoms with Crippen LogP contribution in [0.1, 0.15) is 66.7 Å². The van der Waals surface area contributed by atoms with E-state index in [1.165, 1.54) is 25.5 Å². The van der Waals surface area contributed by atoms with Gasteiger partial charge in [-0.15, -0.1) is 0 Å². The molecule has 1 amide bonds. The highest BCUT2D eigenvalue weighted by atomic mass is 32.2. The van der Waals surface area contributed by atoms with Gasteiger partial charge >= 0.3 is 6.09 Å². The summed E-state index contributed by atoms with van der Waals surface area (Å²) in [4.78, 5) is 16.6. The fraction of sp³-hybridized carbons (Fsp3) is 0.952.